The van der Waals surface area contributed by atoms with Gasteiger partial charge in [-0.05, 0) is 37.3 Å². The van der Waals surface area contributed by atoms with Gasteiger partial charge in [-0.15, -0.1) is 0 Å². The first-order valence-electron chi connectivity index (χ1n) is 9.40. The third-order valence-corrected chi connectivity index (χ3v) is 5.45. The number of aromatic nitrogens is 2. The number of amides is 1. The van der Waals surface area contributed by atoms with Crippen LogP contribution in [0.5, 0.6) is 11.5 Å². The number of carbonyl (C=O) groups is 1. The molecule has 0 spiro atoms. The highest BCUT2D eigenvalue weighted by atomic mass is 35.5. The monoisotopic (exact) mass is 407 g/mol. The number of fused-ring (bicyclic) bond motifs is 2. The van der Waals surface area contributed by atoms with Crippen LogP contribution in [0.15, 0.2) is 42.5 Å². The molecule has 29 heavy (non-hydrogen) atoms. The maximum absolute atomic E-state index is 13.1. The minimum absolute atomic E-state index is 0.0448. The number of hydrogen-bond acceptors (Lipinski definition) is 5. The van der Waals surface area contributed by atoms with Crippen molar-refractivity contribution < 1.29 is 14.3 Å². The van der Waals surface area contributed by atoms with Gasteiger partial charge in [-0.2, -0.15) is 0 Å². The highest BCUT2D eigenvalue weighted by molar-refractivity contribution is 6.30. The van der Waals surface area contributed by atoms with E-state index >= 15 is 0 Å². The summed E-state index contributed by atoms with van der Waals surface area (Å²) in [6.07, 6.45) is 0.690. The van der Waals surface area contributed by atoms with Gasteiger partial charge in [-0.25, -0.2) is 9.97 Å². The van der Waals surface area contributed by atoms with Crippen molar-refractivity contribution in [3.63, 3.8) is 0 Å². The molecule has 0 radical (unpaired) electrons. The molecule has 2 aliphatic heterocycles. The fourth-order valence-corrected chi connectivity index (χ4v) is 3.90. The maximum atomic E-state index is 13.1. The van der Waals surface area contributed by atoms with Crippen LogP contribution in [-0.2, 0) is 13.0 Å². The second-order valence-corrected chi connectivity index (χ2v) is 7.53. The van der Waals surface area contributed by atoms with Gasteiger partial charge in [-0.1, -0.05) is 23.7 Å². The molecule has 7 heteroatoms. The van der Waals surface area contributed by atoms with E-state index in [2.05, 4.69) is 9.97 Å². The smallest absolute Gasteiger partial charge is 0.254 e. The Bertz CT molecular complexity index is 1120. The fraction of sp³-hybridized carbons (Fsp3) is 0.227. The van der Waals surface area contributed by atoms with E-state index < -0.39 is 0 Å². The summed E-state index contributed by atoms with van der Waals surface area (Å²) in [5.41, 5.74) is 4.38. The molecule has 0 unspecified atom stereocenters. The first kappa shape index (κ1) is 17.9. The lowest BCUT2D eigenvalue weighted by Crippen LogP contribution is -2.37. The second-order valence-electron chi connectivity index (χ2n) is 7.10. The molecule has 0 N–H and O–H groups in total. The zero-order valence-electron chi connectivity index (χ0n) is 15.8. The normalized spacial score (nSPS) is 14.6. The number of halogens is 1. The standard InChI is InChI=1S/C22H18ClN3O3/c1-13-24-18-8-9-26(22(27)15-4-7-19-20(10-15)29-12-28-19)11-17(18)21(25-13)14-2-5-16(23)6-3-14/h2-7,10H,8-9,11-12H2,1H3. The Morgan fingerprint density at radius 1 is 1.07 bits per heavy atom. The summed E-state index contributed by atoms with van der Waals surface area (Å²) in [5, 5.41) is 0.674. The highest BCUT2D eigenvalue weighted by Crippen LogP contribution is 2.34. The molecule has 2 aliphatic rings. The molecule has 3 aromatic rings. The van der Waals surface area contributed by atoms with Crippen LogP contribution in [0.2, 0.25) is 5.02 Å². The third-order valence-electron chi connectivity index (χ3n) is 5.20. The quantitative estimate of drug-likeness (QED) is 0.641. The van der Waals surface area contributed by atoms with Gasteiger partial charge in [0.25, 0.3) is 5.91 Å². The summed E-state index contributed by atoms with van der Waals surface area (Å²) in [6, 6.07) is 12.9. The molecule has 6 nitrogen and oxygen atoms in total. The maximum Gasteiger partial charge on any atom is 0.254 e. The van der Waals surface area contributed by atoms with Crippen molar-refractivity contribution in [3.8, 4) is 22.8 Å². The molecule has 146 valence electrons. The van der Waals surface area contributed by atoms with Crippen LogP contribution >= 0.6 is 11.6 Å². The van der Waals surface area contributed by atoms with E-state index in [9.17, 15) is 4.79 Å². The van der Waals surface area contributed by atoms with E-state index in [1.54, 1.807) is 18.2 Å². The largest absolute Gasteiger partial charge is 0.454 e. The van der Waals surface area contributed by atoms with Gasteiger partial charge in [0, 0.05) is 41.2 Å². The lowest BCUT2D eigenvalue weighted by atomic mass is 9.98. The number of benzene rings is 2. The first-order valence-corrected chi connectivity index (χ1v) is 9.77. The molecular weight excluding hydrogens is 390 g/mol. The van der Waals surface area contributed by atoms with Crippen molar-refractivity contribution in [1.82, 2.24) is 14.9 Å². The minimum Gasteiger partial charge on any atom is -0.454 e. The van der Waals surface area contributed by atoms with Gasteiger partial charge in [0.2, 0.25) is 6.79 Å². The Kier molecular flexibility index (Phi) is 4.36. The molecule has 3 heterocycles. The van der Waals surface area contributed by atoms with Crippen LogP contribution in [0.25, 0.3) is 11.3 Å². The van der Waals surface area contributed by atoms with Crippen LogP contribution in [0.1, 0.15) is 27.4 Å². The molecular formula is C22H18ClN3O3. The second kappa shape index (κ2) is 7.04. The zero-order valence-corrected chi connectivity index (χ0v) is 16.6. The molecule has 0 saturated heterocycles. The fourth-order valence-electron chi connectivity index (χ4n) is 3.77. The minimum atomic E-state index is -0.0448. The van der Waals surface area contributed by atoms with Gasteiger partial charge >= 0.3 is 0 Å². The van der Waals surface area contributed by atoms with Gasteiger partial charge in [0.15, 0.2) is 11.5 Å². The number of rotatable bonds is 2. The molecule has 1 amide bonds. The topological polar surface area (TPSA) is 64.6 Å². The summed E-state index contributed by atoms with van der Waals surface area (Å²) in [5.74, 6) is 1.95. The van der Waals surface area contributed by atoms with Crippen molar-refractivity contribution in [2.75, 3.05) is 13.3 Å². The van der Waals surface area contributed by atoms with Crippen molar-refractivity contribution in [2.24, 2.45) is 0 Å². The molecule has 2 aromatic carbocycles. The number of ether oxygens (including phenoxy) is 2. The predicted molar refractivity (Wildman–Crippen MR) is 108 cm³/mol. The molecule has 0 fully saturated rings. The lowest BCUT2D eigenvalue weighted by molar-refractivity contribution is 0.0733. The predicted octanol–water partition coefficient (Wildman–Crippen LogP) is 4.03. The van der Waals surface area contributed by atoms with E-state index in [4.69, 9.17) is 21.1 Å². The molecule has 0 saturated carbocycles. The number of nitrogens with zero attached hydrogens (tertiary/aromatic N) is 3. The average molecular weight is 408 g/mol. The van der Waals surface area contributed by atoms with Crippen LogP contribution in [-0.4, -0.2) is 34.1 Å². The van der Waals surface area contributed by atoms with E-state index in [-0.39, 0.29) is 12.7 Å². The third kappa shape index (κ3) is 3.29. The molecule has 0 bridgehead atoms. The van der Waals surface area contributed by atoms with Crippen molar-refractivity contribution in [3.05, 3.63) is 70.1 Å². The molecule has 0 aliphatic carbocycles. The first-order chi connectivity index (χ1) is 14.1. The van der Waals surface area contributed by atoms with E-state index in [1.807, 2.05) is 36.1 Å². The summed E-state index contributed by atoms with van der Waals surface area (Å²) >= 11 is 6.04. The Balaban J connectivity index is 1.48. The Hall–Kier alpha value is -3.12. The Morgan fingerprint density at radius 2 is 1.86 bits per heavy atom. The van der Waals surface area contributed by atoms with E-state index in [1.165, 1.54) is 0 Å². The molecule has 5 rings (SSSR count). The molecule has 1 aromatic heterocycles. The Labute approximate surface area is 173 Å². The summed E-state index contributed by atoms with van der Waals surface area (Å²) in [4.78, 5) is 24.3. The SMILES string of the molecule is Cc1nc2c(c(-c3ccc(Cl)cc3)n1)CN(C(=O)c1ccc3c(c1)OCO3)CC2. The zero-order chi connectivity index (χ0) is 20.0. The molecule has 0 atom stereocenters. The Morgan fingerprint density at radius 3 is 2.69 bits per heavy atom. The summed E-state index contributed by atoms with van der Waals surface area (Å²) in [6.45, 7) is 3.15. The summed E-state index contributed by atoms with van der Waals surface area (Å²) < 4.78 is 10.7. The van der Waals surface area contributed by atoms with Gasteiger partial charge < -0.3 is 14.4 Å². The number of aryl methyl sites for hydroxylation is 1. The van der Waals surface area contributed by atoms with Crippen LogP contribution < -0.4 is 9.47 Å². The van der Waals surface area contributed by atoms with Crippen molar-refractivity contribution in [2.45, 2.75) is 19.9 Å². The van der Waals surface area contributed by atoms with Crippen molar-refractivity contribution >= 4 is 17.5 Å². The number of carbonyl (C=O) groups excluding carboxylic acids is 1. The van der Waals surface area contributed by atoms with Crippen LogP contribution in [0.4, 0.5) is 0 Å². The van der Waals surface area contributed by atoms with Crippen LogP contribution in [0, 0.1) is 6.92 Å². The number of hydrogen-bond donors (Lipinski definition) is 0. The van der Waals surface area contributed by atoms with E-state index in [0.717, 1.165) is 28.3 Å². The lowest BCUT2D eigenvalue weighted by Gasteiger charge is -2.30. The average Bonchev–Trinajstić information content (AvgIpc) is 3.21. The van der Waals surface area contributed by atoms with Gasteiger partial charge in [-0.3, -0.25) is 4.79 Å². The van der Waals surface area contributed by atoms with Gasteiger partial charge in [0.05, 0.1) is 11.4 Å². The van der Waals surface area contributed by atoms with E-state index in [0.29, 0.717) is 41.6 Å². The van der Waals surface area contributed by atoms with Gasteiger partial charge in [0.1, 0.15) is 5.82 Å². The van der Waals surface area contributed by atoms with Crippen molar-refractivity contribution in [1.29, 1.82) is 0 Å². The van der Waals surface area contributed by atoms with Crippen LogP contribution in [0.3, 0.4) is 0 Å². The summed E-state index contributed by atoms with van der Waals surface area (Å²) in [7, 11) is 0. The highest BCUT2D eigenvalue weighted by Gasteiger charge is 2.27.